The largest absolute Gasteiger partial charge is 0.340 e. The Morgan fingerprint density at radius 2 is 1.54 bits per heavy atom. The highest BCUT2D eigenvalue weighted by Crippen LogP contribution is 2.18. The van der Waals surface area contributed by atoms with Crippen LogP contribution in [-0.4, -0.2) is 17.9 Å². The Labute approximate surface area is 163 Å². The number of nitrogens with one attached hydrogen (secondary N) is 2. The second kappa shape index (κ2) is 8.95. The standard InChI is InChI=1S/C23H21FN2O2/c1-16-19(24)13-8-14-20(16)25-23(28)21(15-17-9-4-2-5-10-17)26-22(27)18-11-6-3-7-12-18/h2-14,21H,15H2,1H3,(H,25,28)(H,26,27). The van der Waals surface area contributed by atoms with Crippen molar-refractivity contribution in [2.75, 3.05) is 5.32 Å². The first-order valence-electron chi connectivity index (χ1n) is 9.00. The molecule has 0 saturated carbocycles. The third kappa shape index (κ3) is 4.82. The van der Waals surface area contributed by atoms with Crippen LogP contribution in [0.3, 0.4) is 0 Å². The minimum atomic E-state index is -0.808. The lowest BCUT2D eigenvalue weighted by atomic mass is 10.0. The first-order chi connectivity index (χ1) is 13.5. The van der Waals surface area contributed by atoms with Crippen LogP contribution in [0.2, 0.25) is 0 Å². The highest BCUT2D eigenvalue weighted by Gasteiger charge is 2.23. The van der Waals surface area contributed by atoms with E-state index in [-0.39, 0.29) is 5.91 Å². The second-order valence-corrected chi connectivity index (χ2v) is 6.48. The maximum Gasteiger partial charge on any atom is 0.251 e. The van der Waals surface area contributed by atoms with Crippen molar-refractivity contribution in [3.05, 3.63) is 101 Å². The topological polar surface area (TPSA) is 58.2 Å². The molecule has 0 heterocycles. The number of amides is 2. The molecule has 5 heteroatoms. The summed E-state index contributed by atoms with van der Waals surface area (Å²) in [6.07, 6.45) is 0.319. The molecule has 0 aromatic heterocycles. The highest BCUT2D eigenvalue weighted by atomic mass is 19.1. The van der Waals surface area contributed by atoms with Crippen molar-refractivity contribution >= 4 is 17.5 Å². The van der Waals surface area contributed by atoms with Gasteiger partial charge in [-0.3, -0.25) is 9.59 Å². The van der Waals surface area contributed by atoms with Crippen molar-refractivity contribution in [1.82, 2.24) is 5.32 Å². The van der Waals surface area contributed by atoms with Crippen LogP contribution in [-0.2, 0) is 11.2 Å². The van der Waals surface area contributed by atoms with Crippen molar-refractivity contribution in [2.24, 2.45) is 0 Å². The summed E-state index contributed by atoms with van der Waals surface area (Å²) in [5, 5.41) is 5.53. The average Bonchev–Trinajstić information content (AvgIpc) is 2.72. The predicted molar refractivity (Wildman–Crippen MR) is 108 cm³/mol. The number of hydrogen-bond acceptors (Lipinski definition) is 2. The second-order valence-electron chi connectivity index (χ2n) is 6.48. The fourth-order valence-corrected chi connectivity index (χ4v) is 2.85. The Balaban J connectivity index is 1.81. The molecule has 142 valence electrons. The lowest BCUT2D eigenvalue weighted by Gasteiger charge is -2.19. The predicted octanol–water partition coefficient (Wildman–Crippen LogP) is 4.11. The lowest BCUT2D eigenvalue weighted by molar-refractivity contribution is -0.118. The number of carbonyl (C=O) groups excluding carboxylic acids is 2. The number of rotatable bonds is 6. The van der Waals surface area contributed by atoms with Crippen LogP contribution in [0.1, 0.15) is 21.5 Å². The van der Waals surface area contributed by atoms with Crippen molar-refractivity contribution in [3.8, 4) is 0 Å². The van der Waals surface area contributed by atoms with Crippen molar-refractivity contribution in [1.29, 1.82) is 0 Å². The van der Waals surface area contributed by atoms with Crippen LogP contribution in [0.15, 0.2) is 78.9 Å². The van der Waals surface area contributed by atoms with Gasteiger partial charge in [0.1, 0.15) is 11.9 Å². The zero-order chi connectivity index (χ0) is 19.9. The molecule has 0 radical (unpaired) electrons. The van der Waals surface area contributed by atoms with Crippen LogP contribution in [0, 0.1) is 12.7 Å². The summed E-state index contributed by atoms with van der Waals surface area (Å²) < 4.78 is 13.8. The van der Waals surface area contributed by atoms with E-state index in [0.717, 1.165) is 5.56 Å². The summed E-state index contributed by atoms with van der Waals surface area (Å²) >= 11 is 0. The van der Waals surface area contributed by atoms with Gasteiger partial charge in [-0.15, -0.1) is 0 Å². The fraction of sp³-hybridized carbons (Fsp3) is 0.130. The van der Waals surface area contributed by atoms with E-state index in [2.05, 4.69) is 10.6 Å². The molecule has 3 rings (SSSR count). The Hall–Kier alpha value is -3.47. The highest BCUT2D eigenvalue weighted by molar-refractivity contribution is 6.01. The molecule has 3 aromatic rings. The SMILES string of the molecule is Cc1c(F)cccc1NC(=O)C(Cc1ccccc1)NC(=O)c1ccccc1. The van der Waals surface area contributed by atoms with Gasteiger partial charge < -0.3 is 10.6 Å². The van der Waals surface area contributed by atoms with E-state index in [1.807, 2.05) is 36.4 Å². The molecule has 1 atom stereocenters. The minimum Gasteiger partial charge on any atom is -0.340 e. The number of anilines is 1. The zero-order valence-corrected chi connectivity index (χ0v) is 15.5. The molecular formula is C23H21FN2O2. The van der Waals surface area contributed by atoms with Gasteiger partial charge in [0.25, 0.3) is 5.91 Å². The molecule has 2 amide bonds. The van der Waals surface area contributed by atoms with Crippen LogP contribution >= 0.6 is 0 Å². The van der Waals surface area contributed by atoms with Crippen molar-refractivity contribution in [2.45, 2.75) is 19.4 Å². The molecular weight excluding hydrogens is 355 g/mol. The Morgan fingerprint density at radius 1 is 0.893 bits per heavy atom. The monoisotopic (exact) mass is 376 g/mol. The summed E-state index contributed by atoms with van der Waals surface area (Å²) in [6, 6.07) is 21.8. The molecule has 0 aliphatic rings. The third-order valence-corrected chi connectivity index (χ3v) is 4.47. The molecule has 0 bridgehead atoms. The summed E-state index contributed by atoms with van der Waals surface area (Å²) in [6.45, 7) is 1.60. The molecule has 0 spiro atoms. The van der Waals surface area contributed by atoms with Gasteiger partial charge in [0.15, 0.2) is 0 Å². The lowest BCUT2D eigenvalue weighted by Crippen LogP contribution is -2.45. The van der Waals surface area contributed by atoms with E-state index >= 15 is 0 Å². The van der Waals surface area contributed by atoms with E-state index < -0.39 is 17.8 Å². The van der Waals surface area contributed by atoms with Gasteiger partial charge >= 0.3 is 0 Å². The molecule has 3 aromatic carbocycles. The molecule has 0 aliphatic heterocycles. The fourth-order valence-electron chi connectivity index (χ4n) is 2.85. The minimum absolute atomic E-state index is 0.319. The summed E-state index contributed by atoms with van der Waals surface area (Å²) in [7, 11) is 0. The summed E-state index contributed by atoms with van der Waals surface area (Å²) in [4.78, 5) is 25.5. The van der Waals surface area contributed by atoms with E-state index in [4.69, 9.17) is 0 Å². The molecule has 2 N–H and O–H groups in total. The number of benzene rings is 3. The van der Waals surface area contributed by atoms with Gasteiger partial charge in [0.2, 0.25) is 5.91 Å². The molecule has 28 heavy (non-hydrogen) atoms. The van der Waals surface area contributed by atoms with Crippen LogP contribution in [0.25, 0.3) is 0 Å². The number of carbonyl (C=O) groups is 2. The van der Waals surface area contributed by atoms with Crippen molar-refractivity contribution in [3.63, 3.8) is 0 Å². The number of hydrogen-bond donors (Lipinski definition) is 2. The van der Waals surface area contributed by atoms with Crippen LogP contribution < -0.4 is 10.6 Å². The van der Waals surface area contributed by atoms with E-state index in [9.17, 15) is 14.0 Å². The molecule has 0 saturated heterocycles. The number of halogens is 1. The van der Waals surface area contributed by atoms with Gasteiger partial charge in [0.05, 0.1) is 0 Å². The van der Waals surface area contributed by atoms with Gasteiger partial charge in [0, 0.05) is 23.2 Å². The van der Waals surface area contributed by atoms with E-state index in [1.165, 1.54) is 12.1 Å². The molecule has 4 nitrogen and oxygen atoms in total. The van der Waals surface area contributed by atoms with Crippen LogP contribution in [0.5, 0.6) is 0 Å². The maximum absolute atomic E-state index is 13.8. The normalized spacial score (nSPS) is 11.5. The van der Waals surface area contributed by atoms with E-state index in [0.29, 0.717) is 23.2 Å². The van der Waals surface area contributed by atoms with E-state index in [1.54, 1.807) is 37.3 Å². The smallest absolute Gasteiger partial charge is 0.251 e. The molecule has 0 aliphatic carbocycles. The van der Waals surface area contributed by atoms with Crippen molar-refractivity contribution < 1.29 is 14.0 Å². The molecule has 0 fully saturated rings. The van der Waals surface area contributed by atoms with Gasteiger partial charge in [-0.2, -0.15) is 0 Å². The molecule has 1 unspecified atom stereocenters. The average molecular weight is 376 g/mol. The first-order valence-corrected chi connectivity index (χ1v) is 9.00. The Morgan fingerprint density at radius 3 is 2.21 bits per heavy atom. The van der Waals surface area contributed by atoms with Crippen LogP contribution in [0.4, 0.5) is 10.1 Å². The van der Waals surface area contributed by atoms with Gasteiger partial charge in [-0.05, 0) is 36.8 Å². The first kappa shape index (κ1) is 19.3. The Bertz CT molecular complexity index is 959. The van der Waals surface area contributed by atoms with Gasteiger partial charge in [-0.1, -0.05) is 54.6 Å². The maximum atomic E-state index is 13.8. The Kier molecular flexibility index (Phi) is 6.17. The zero-order valence-electron chi connectivity index (χ0n) is 15.5. The summed E-state index contributed by atoms with van der Waals surface area (Å²) in [5.74, 6) is -1.14. The quantitative estimate of drug-likeness (QED) is 0.680. The third-order valence-electron chi connectivity index (χ3n) is 4.47. The summed E-state index contributed by atoms with van der Waals surface area (Å²) in [5.41, 5.74) is 2.11. The van der Waals surface area contributed by atoms with Gasteiger partial charge in [-0.25, -0.2) is 4.39 Å².